The second-order valence-electron chi connectivity index (χ2n) is 5.95. The maximum atomic E-state index is 13.6. The van der Waals surface area contributed by atoms with Gasteiger partial charge in [-0.25, -0.2) is 4.39 Å². The molecule has 110 valence electrons. The Labute approximate surface area is 129 Å². The van der Waals surface area contributed by atoms with Gasteiger partial charge in [-0.15, -0.1) is 0 Å². The third-order valence-electron chi connectivity index (χ3n) is 4.50. The summed E-state index contributed by atoms with van der Waals surface area (Å²) in [6.45, 7) is 2.17. The lowest BCUT2D eigenvalue weighted by Gasteiger charge is -2.37. The molecule has 1 N–H and O–H groups in total. The summed E-state index contributed by atoms with van der Waals surface area (Å²) in [7, 11) is 0. The molecule has 3 heteroatoms. The van der Waals surface area contributed by atoms with Crippen molar-refractivity contribution in [2.45, 2.75) is 37.7 Å². The van der Waals surface area contributed by atoms with Gasteiger partial charge in [0.2, 0.25) is 0 Å². The van der Waals surface area contributed by atoms with Crippen molar-refractivity contribution in [3.05, 3.63) is 70.0 Å². The summed E-state index contributed by atoms with van der Waals surface area (Å²) in [6.07, 6.45) is 1.92. The molecule has 0 radical (unpaired) electrons. The van der Waals surface area contributed by atoms with Crippen LogP contribution in [0, 0.1) is 5.82 Å². The van der Waals surface area contributed by atoms with Crippen molar-refractivity contribution in [1.82, 2.24) is 0 Å². The van der Waals surface area contributed by atoms with E-state index in [-0.39, 0.29) is 5.02 Å². The third kappa shape index (κ3) is 2.58. The van der Waals surface area contributed by atoms with Gasteiger partial charge in [0.1, 0.15) is 5.82 Å². The van der Waals surface area contributed by atoms with E-state index < -0.39 is 11.4 Å². The fraction of sp³-hybridized carbons (Fsp3) is 0.333. The van der Waals surface area contributed by atoms with Gasteiger partial charge in [-0.3, -0.25) is 0 Å². The van der Waals surface area contributed by atoms with Gasteiger partial charge in [0.15, 0.2) is 0 Å². The SMILES string of the molecule is CC1CCC(O)(Cc2cccc(F)c2Cl)c2ccccc21. The van der Waals surface area contributed by atoms with Gasteiger partial charge in [-0.2, -0.15) is 0 Å². The summed E-state index contributed by atoms with van der Waals surface area (Å²) in [5.74, 6) is -0.000291. The number of halogens is 2. The van der Waals surface area contributed by atoms with Crippen molar-refractivity contribution in [2.24, 2.45) is 0 Å². The highest BCUT2D eigenvalue weighted by Gasteiger charge is 2.37. The normalized spacial score (nSPS) is 24.7. The first-order chi connectivity index (χ1) is 10.0. The van der Waals surface area contributed by atoms with Crippen molar-refractivity contribution < 1.29 is 9.50 Å². The minimum Gasteiger partial charge on any atom is -0.385 e. The van der Waals surface area contributed by atoms with Gasteiger partial charge in [-0.1, -0.05) is 54.9 Å². The van der Waals surface area contributed by atoms with Crippen molar-refractivity contribution in [1.29, 1.82) is 0 Å². The Hall–Kier alpha value is -1.38. The molecule has 0 aliphatic heterocycles. The summed E-state index contributed by atoms with van der Waals surface area (Å²) < 4.78 is 13.6. The van der Waals surface area contributed by atoms with E-state index in [0.29, 0.717) is 24.3 Å². The quantitative estimate of drug-likeness (QED) is 0.844. The summed E-state index contributed by atoms with van der Waals surface area (Å²) in [4.78, 5) is 0. The molecule has 21 heavy (non-hydrogen) atoms. The van der Waals surface area contributed by atoms with Crippen LogP contribution in [-0.4, -0.2) is 5.11 Å². The maximum absolute atomic E-state index is 13.6. The van der Waals surface area contributed by atoms with Crippen LogP contribution in [0.4, 0.5) is 4.39 Å². The summed E-state index contributed by atoms with van der Waals surface area (Å²) in [5.41, 5.74) is 1.81. The molecule has 1 nitrogen and oxygen atoms in total. The van der Waals surface area contributed by atoms with Crippen LogP contribution < -0.4 is 0 Å². The first kappa shape index (κ1) is 14.6. The second kappa shape index (κ2) is 5.43. The van der Waals surface area contributed by atoms with E-state index in [4.69, 9.17) is 11.6 Å². The lowest BCUT2D eigenvalue weighted by atomic mass is 9.72. The highest BCUT2D eigenvalue weighted by molar-refractivity contribution is 6.31. The molecule has 2 unspecified atom stereocenters. The van der Waals surface area contributed by atoms with Crippen molar-refractivity contribution in [3.8, 4) is 0 Å². The van der Waals surface area contributed by atoms with Gasteiger partial charge < -0.3 is 5.11 Å². The van der Waals surface area contributed by atoms with E-state index in [9.17, 15) is 9.50 Å². The molecule has 0 heterocycles. The van der Waals surface area contributed by atoms with Gasteiger partial charge >= 0.3 is 0 Å². The topological polar surface area (TPSA) is 20.2 Å². The van der Waals surface area contributed by atoms with E-state index in [1.807, 2.05) is 18.2 Å². The monoisotopic (exact) mass is 304 g/mol. The Morgan fingerprint density at radius 1 is 1.24 bits per heavy atom. The Kier molecular flexibility index (Phi) is 3.76. The first-order valence-electron chi connectivity index (χ1n) is 7.26. The Balaban J connectivity index is 2.02. The highest BCUT2D eigenvalue weighted by Crippen LogP contribution is 2.43. The number of rotatable bonds is 2. The molecule has 1 aliphatic rings. The Morgan fingerprint density at radius 2 is 2.00 bits per heavy atom. The molecule has 0 spiro atoms. The average molecular weight is 305 g/mol. The van der Waals surface area contributed by atoms with E-state index >= 15 is 0 Å². The second-order valence-corrected chi connectivity index (χ2v) is 6.33. The predicted octanol–water partition coefficient (Wildman–Crippen LogP) is 4.81. The molecule has 2 aromatic rings. The van der Waals surface area contributed by atoms with Crippen LogP contribution in [0.25, 0.3) is 0 Å². The fourth-order valence-electron chi connectivity index (χ4n) is 3.28. The van der Waals surface area contributed by atoms with E-state index in [2.05, 4.69) is 13.0 Å². The molecule has 2 aromatic carbocycles. The van der Waals surface area contributed by atoms with Crippen LogP contribution in [0.2, 0.25) is 5.02 Å². The molecular formula is C18H18ClFO. The van der Waals surface area contributed by atoms with Crippen molar-refractivity contribution in [3.63, 3.8) is 0 Å². The zero-order valence-corrected chi connectivity index (χ0v) is 12.7. The van der Waals surface area contributed by atoms with Crippen LogP contribution in [0.15, 0.2) is 42.5 Å². The molecule has 0 saturated heterocycles. The molecule has 0 bridgehead atoms. The van der Waals surface area contributed by atoms with Gasteiger partial charge in [0.05, 0.1) is 10.6 Å². The molecule has 0 saturated carbocycles. The Morgan fingerprint density at radius 3 is 2.81 bits per heavy atom. The molecule has 3 rings (SSSR count). The van der Waals surface area contributed by atoms with Gasteiger partial charge in [0, 0.05) is 6.42 Å². The maximum Gasteiger partial charge on any atom is 0.142 e. The van der Waals surface area contributed by atoms with Gasteiger partial charge in [-0.05, 0) is 41.5 Å². The summed E-state index contributed by atoms with van der Waals surface area (Å²) in [6, 6.07) is 12.7. The van der Waals surface area contributed by atoms with E-state index in [1.54, 1.807) is 12.1 Å². The van der Waals surface area contributed by atoms with Crippen LogP contribution in [0.1, 0.15) is 42.4 Å². The van der Waals surface area contributed by atoms with Crippen LogP contribution in [0.3, 0.4) is 0 Å². The van der Waals surface area contributed by atoms with Crippen molar-refractivity contribution >= 4 is 11.6 Å². The van der Waals surface area contributed by atoms with E-state index in [1.165, 1.54) is 11.6 Å². The molecule has 0 fully saturated rings. The van der Waals surface area contributed by atoms with Crippen LogP contribution in [-0.2, 0) is 12.0 Å². The van der Waals surface area contributed by atoms with E-state index in [0.717, 1.165) is 12.0 Å². The lowest BCUT2D eigenvalue weighted by molar-refractivity contribution is 0.0159. The number of aliphatic hydroxyl groups is 1. The summed E-state index contributed by atoms with van der Waals surface area (Å²) in [5, 5.41) is 11.2. The largest absolute Gasteiger partial charge is 0.385 e. The van der Waals surface area contributed by atoms with Crippen LogP contribution >= 0.6 is 11.6 Å². The predicted molar refractivity (Wildman–Crippen MR) is 83.1 cm³/mol. The van der Waals surface area contributed by atoms with Crippen LogP contribution in [0.5, 0.6) is 0 Å². The van der Waals surface area contributed by atoms with Crippen molar-refractivity contribution in [2.75, 3.05) is 0 Å². The molecule has 1 aliphatic carbocycles. The highest BCUT2D eigenvalue weighted by atomic mass is 35.5. The first-order valence-corrected chi connectivity index (χ1v) is 7.64. The average Bonchev–Trinajstić information content (AvgIpc) is 2.49. The standard InChI is InChI=1S/C18H18ClFO/c1-12-9-10-18(21,15-7-3-2-6-14(12)15)11-13-5-4-8-16(20)17(13)19/h2-8,12,21H,9-11H2,1H3. The molecular weight excluding hydrogens is 287 g/mol. The smallest absolute Gasteiger partial charge is 0.142 e. The third-order valence-corrected chi connectivity index (χ3v) is 4.92. The number of fused-ring (bicyclic) bond motifs is 1. The molecule has 2 atom stereocenters. The number of hydrogen-bond acceptors (Lipinski definition) is 1. The molecule has 0 aromatic heterocycles. The fourth-order valence-corrected chi connectivity index (χ4v) is 3.47. The number of hydrogen-bond donors (Lipinski definition) is 1. The minimum atomic E-state index is -0.972. The zero-order valence-electron chi connectivity index (χ0n) is 11.9. The Bertz CT molecular complexity index is 670. The lowest BCUT2D eigenvalue weighted by Crippen LogP contribution is -2.34. The minimum absolute atomic E-state index is 0.113. The number of benzene rings is 2. The zero-order chi connectivity index (χ0) is 15.0. The molecule has 0 amide bonds. The van der Waals surface area contributed by atoms with Gasteiger partial charge in [0.25, 0.3) is 0 Å². The summed E-state index contributed by atoms with van der Waals surface area (Å²) >= 11 is 6.04.